The minimum absolute atomic E-state index is 0.0143. The van der Waals surface area contributed by atoms with Gasteiger partial charge in [-0.1, -0.05) is 25.5 Å². The van der Waals surface area contributed by atoms with Gasteiger partial charge in [0.15, 0.2) is 11.6 Å². The lowest BCUT2D eigenvalue weighted by Crippen LogP contribution is -2.21. The van der Waals surface area contributed by atoms with Gasteiger partial charge in [0, 0.05) is 17.8 Å². The van der Waals surface area contributed by atoms with Crippen LogP contribution in [0.25, 0.3) is 17.0 Å². The van der Waals surface area contributed by atoms with Crippen molar-refractivity contribution in [2.45, 2.75) is 58.4 Å². The molecule has 2 saturated carbocycles. The van der Waals surface area contributed by atoms with Crippen LogP contribution in [0.15, 0.2) is 23.1 Å². The third-order valence-electron chi connectivity index (χ3n) is 6.24. The molecule has 6 heteroatoms. The third kappa shape index (κ3) is 3.92. The van der Waals surface area contributed by atoms with Crippen LogP contribution in [0.1, 0.15) is 74.3 Å². The van der Waals surface area contributed by atoms with E-state index in [9.17, 15) is 18.4 Å². The topological polar surface area (TPSA) is 48.3 Å². The van der Waals surface area contributed by atoms with Crippen LogP contribution >= 0.6 is 0 Å². The van der Waals surface area contributed by atoms with Crippen molar-refractivity contribution in [2.24, 2.45) is 11.8 Å². The SMILES string of the molecule is CCOC(=O)c1cn(C2CC2)c2c(/C=C\C[C@H]3CC[C@@H](C)C3)c(F)c(F)cc2c1=O. The highest BCUT2D eigenvalue weighted by atomic mass is 19.2. The molecule has 1 aromatic heterocycles. The quantitative estimate of drug-likeness (QED) is 0.575. The van der Waals surface area contributed by atoms with Gasteiger partial charge in [-0.25, -0.2) is 13.6 Å². The van der Waals surface area contributed by atoms with Crippen LogP contribution in [0, 0.1) is 23.5 Å². The summed E-state index contributed by atoms with van der Waals surface area (Å²) in [4.78, 5) is 25.2. The van der Waals surface area contributed by atoms with Crippen molar-refractivity contribution in [3.05, 3.63) is 51.3 Å². The summed E-state index contributed by atoms with van der Waals surface area (Å²) in [5.74, 6) is -1.53. The second-order valence-electron chi connectivity index (χ2n) is 8.64. The maximum Gasteiger partial charge on any atom is 0.343 e. The van der Waals surface area contributed by atoms with Gasteiger partial charge in [0.25, 0.3) is 0 Å². The minimum Gasteiger partial charge on any atom is -0.462 e. The number of benzene rings is 1. The number of esters is 1. The zero-order chi connectivity index (χ0) is 21.4. The van der Waals surface area contributed by atoms with E-state index in [-0.39, 0.29) is 29.2 Å². The fraction of sp³-hybridized carbons (Fsp3) is 0.500. The molecule has 2 aliphatic carbocycles. The number of nitrogens with zero attached hydrogens (tertiary/aromatic N) is 1. The zero-order valence-corrected chi connectivity index (χ0v) is 17.4. The average molecular weight is 415 g/mol. The van der Waals surface area contributed by atoms with Crippen LogP contribution in [0.3, 0.4) is 0 Å². The van der Waals surface area contributed by atoms with Crippen molar-refractivity contribution < 1.29 is 18.3 Å². The highest BCUT2D eigenvalue weighted by molar-refractivity contribution is 5.96. The smallest absolute Gasteiger partial charge is 0.343 e. The molecule has 4 rings (SSSR count). The predicted octanol–water partition coefficient (Wildman–Crippen LogP) is 5.63. The highest BCUT2D eigenvalue weighted by Gasteiger charge is 2.29. The van der Waals surface area contributed by atoms with Gasteiger partial charge in [0.05, 0.1) is 17.5 Å². The molecule has 4 nitrogen and oxygen atoms in total. The number of ether oxygens (including phenoxy) is 1. The van der Waals surface area contributed by atoms with E-state index in [4.69, 9.17) is 4.74 Å². The molecule has 2 fully saturated rings. The molecule has 30 heavy (non-hydrogen) atoms. The third-order valence-corrected chi connectivity index (χ3v) is 6.24. The van der Waals surface area contributed by atoms with Crippen LogP contribution in [0.5, 0.6) is 0 Å². The van der Waals surface area contributed by atoms with E-state index < -0.39 is 23.0 Å². The van der Waals surface area contributed by atoms with Gasteiger partial charge in [0.2, 0.25) is 5.43 Å². The number of allylic oxidation sites excluding steroid dienone is 1. The van der Waals surface area contributed by atoms with Crippen LogP contribution < -0.4 is 5.43 Å². The molecule has 2 aromatic rings. The predicted molar refractivity (Wildman–Crippen MR) is 113 cm³/mol. The van der Waals surface area contributed by atoms with Crippen molar-refractivity contribution in [3.63, 3.8) is 0 Å². The van der Waals surface area contributed by atoms with Crippen molar-refractivity contribution in [1.29, 1.82) is 0 Å². The molecule has 2 atom stereocenters. The first kappa shape index (κ1) is 20.8. The first-order valence-electron chi connectivity index (χ1n) is 10.8. The van der Waals surface area contributed by atoms with Crippen molar-refractivity contribution in [2.75, 3.05) is 6.61 Å². The maximum atomic E-state index is 14.8. The van der Waals surface area contributed by atoms with E-state index in [1.165, 1.54) is 12.6 Å². The van der Waals surface area contributed by atoms with Crippen LogP contribution in [-0.2, 0) is 4.74 Å². The number of fused-ring (bicyclic) bond motifs is 1. The van der Waals surface area contributed by atoms with Gasteiger partial charge in [-0.3, -0.25) is 4.79 Å². The Morgan fingerprint density at radius 1 is 1.27 bits per heavy atom. The van der Waals surface area contributed by atoms with Gasteiger partial charge in [0.1, 0.15) is 5.56 Å². The second-order valence-corrected chi connectivity index (χ2v) is 8.64. The highest BCUT2D eigenvalue weighted by Crippen LogP contribution is 2.39. The number of halogens is 2. The second kappa shape index (κ2) is 8.32. The number of hydrogen-bond donors (Lipinski definition) is 0. The summed E-state index contributed by atoms with van der Waals surface area (Å²) >= 11 is 0. The molecule has 1 heterocycles. The molecule has 160 valence electrons. The van der Waals surface area contributed by atoms with Gasteiger partial charge < -0.3 is 9.30 Å². The van der Waals surface area contributed by atoms with E-state index in [1.807, 2.05) is 6.08 Å². The molecule has 0 spiro atoms. The van der Waals surface area contributed by atoms with Crippen molar-refractivity contribution in [3.8, 4) is 0 Å². The Morgan fingerprint density at radius 2 is 2.03 bits per heavy atom. The summed E-state index contributed by atoms with van der Waals surface area (Å²) in [5, 5.41) is 0.0143. The van der Waals surface area contributed by atoms with Crippen LogP contribution in [-0.4, -0.2) is 17.1 Å². The monoisotopic (exact) mass is 415 g/mol. The van der Waals surface area contributed by atoms with E-state index in [1.54, 1.807) is 17.6 Å². The summed E-state index contributed by atoms with van der Waals surface area (Å²) < 4.78 is 36.0. The number of carbonyl (C=O) groups excluding carboxylic acids is 1. The molecule has 0 radical (unpaired) electrons. The normalized spacial score (nSPS) is 21.6. The first-order chi connectivity index (χ1) is 14.4. The Morgan fingerprint density at radius 3 is 2.67 bits per heavy atom. The fourth-order valence-corrected chi connectivity index (χ4v) is 4.56. The Bertz CT molecular complexity index is 1070. The Kier molecular flexibility index (Phi) is 5.76. The number of hydrogen-bond acceptors (Lipinski definition) is 3. The largest absolute Gasteiger partial charge is 0.462 e. The van der Waals surface area contributed by atoms with Crippen molar-refractivity contribution in [1.82, 2.24) is 4.57 Å². The minimum atomic E-state index is -1.09. The number of aromatic nitrogens is 1. The summed E-state index contributed by atoms with van der Waals surface area (Å²) in [5.41, 5.74) is -0.336. The average Bonchev–Trinajstić information content (AvgIpc) is 3.47. The van der Waals surface area contributed by atoms with Crippen LogP contribution in [0.4, 0.5) is 8.78 Å². The van der Waals surface area contributed by atoms with E-state index in [0.717, 1.165) is 38.2 Å². The van der Waals surface area contributed by atoms with Gasteiger partial charge in [-0.15, -0.1) is 0 Å². The summed E-state index contributed by atoms with van der Waals surface area (Å²) in [6.07, 6.45) is 11.0. The lowest BCUT2D eigenvalue weighted by atomic mass is 10.00. The molecular formula is C24H27F2NO3. The molecule has 2 aliphatic rings. The molecule has 0 aliphatic heterocycles. The molecule has 0 saturated heterocycles. The van der Waals surface area contributed by atoms with E-state index in [0.29, 0.717) is 17.4 Å². The number of rotatable bonds is 6. The number of pyridine rings is 1. The Hall–Kier alpha value is -2.50. The molecular weight excluding hydrogens is 388 g/mol. The lowest BCUT2D eigenvalue weighted by Gasteiger charge is -2.16. The Labute approximate surface area is 174 Å². The van der Waals surface area contributed by atoms with Gasteiger partial charge in [-0.05, 0) is 56.9 Å². The zero-order valence-electron chi connectivity index (χ0n) is 17.4. The maximum absolute atomic E-state index is 14.8. The fourth-order valence-electron chi connectivity index (χ4n) is 4.56. The number of carbonyl (C=O) groups is 1. The molecule has 0 bridgehead atoms. The molecule has 0 amide bonds. The lowest BCUT2D eigenvalue weighted by molar-refractivity contribution is 0.0524. The Balaban J connectivity index is 1.83. The van der Waals surface area contributed by atoms with Crippen LogP contribution in [0.2, 0.25) is 0 Å². The molecule has 0 unspecified atom stereocenters. The molecule has 0 N–H and O–H groups in total. The standard InChI is InChI=1S/C24H27F2NO3/c1-3-30-24(29)19-13-27(16-9-10-16)22-17(6-4-5-15-8-7-14(2)11-15)21(26)20(25)12-18(22)23(19)28/h4,6,12-16H,3,5,7-11H2,1-2H3/b6-4-/t14-,15+/m1/s1. The molecule has 1 aromatic carbocycles. The van der Waals surface area contributed by atoms with Gasteiger partial charge >= 0.3 is 5.97 Å². The van der Waals surface area contributed by atoms with E-state index in [2.05, 4.69) is 6.92 Å². The van der Waals surface area contributed by atoms with Gasteiger partial charge in [-0.2, -0.15) is 0 Å². The summed E-state index contributed by atoms with van der Waals surface area (Å²) in [6.45, 7) is 4.02. The first-order valence-corrected chi connectivity index (χ1v) is 10.8. The van der Waals surface area contributed by atoms with Crippen molar-refractivity contribution >= 4 is 22.9 Å². The summed E-state index contributed by atoms with van der Waals surface area (Å²) in [6, 6.07) is 0.971. The summed E-state index contributed by atoms with van der Waals surface area (Å²) in [7, 11) is 0. The van der Waals surface area contributed by atoms with E-state index >= 15 is 0 Å².